The summed E-state index contributed by atoms with van der Waals surface area (Å²) < 4.78 is 11.7. The standard InChI is InChI=1S/C28H28N4O2S2/c1-33-24-10-7-22(8-11-24)29-26(35)30-23-9-12-25-20(19-23)13-14-28(34-25)15-17-32(18-16-28)27(36)31-21-5-3-2-4-6-21/h2-14,19H,15-18H2,1H3,(H,31,36)(H2,29,30,35). The molecule has 2 heterocycles. The third kappa shape index (κ3) is 5.61. The molecule has 1 spiro atoms. The number of ether oxygens (including phenoxy) is 2. The molecule has 0 bridgehead atoms. The Morgan fingerprint density at radius 1 is 0.861 bits per heavy atom. The summed E-state index contributed by atoms with van der Waals surface area (Å²) in [5, 5.41) is 11.0. The van der Waals surface area contributed by atoms with Gasteiger partial charge in [0.15, 0.2) is 10.2 Å². The molecule has 1 fully saturated rings. The topological polar surface area (TPSA) is 57.8 Å². The third-order valence-electron chi connectivity index (χ3n) is 6.42. The molecule has 3 aromatic rings. The van der Waals surface area contributed by atoms with E-state index < -0.39 is 0 Å². The van der Waals surface area contributed by atoms with Gasteiger partial charge in [0, 0.05) is 48.6 Å². The molecule has 2 aliphatic rings. The maximum atomic E-state index is 6.52. The summed E-state index contributed by atoms with van der Waals surface area (Å²) >= 11 is 11.1. The van der Waals surface area contributed by atoms with Crippen molar-refractivity contribution in [2.45, 2.75) is 18.4 Å². The number of benzene rings is 3. The first kappa shape index (κ1) is 24.1. The zero-order chi connectivity index (χ0) is 25.0. The predicted molar refractivity (Wildman–Crippen MR) is 155 cm³/mol. The van der Waals surface area contributed by atoms with E-state index in [0.29, 0.717) is 5.11 Å². The molecule has 3 aromatic carbocycles. The molecule has 36 heavy (non-hydrogen) atoms. The number of fused-ring (bicyclic) bond motifs is 1. The minimum Gasteiger partial charge on any atom is -0.497 e. The van der Waals surface area contributed by atoms with Crippen molar-refractivity contribution >= 4 is 57.8 Å². The van der Waals surface area contributed by atoms with Crippen molar-refractivity contribution < 1.29 is 9.47 Å². The van der Waals surface area contributed by atoms with E-state index >= 15 is 0 Å². The van der Waals surface area contributed by atoms with Crippen molar-refractivity contribution in [3.8, 4) is 11.5 Å². The van der Waals surface area contributed by atoms with Gasteiger partial charge in [-0.2, -0.15) is 0 Å². The molecule has 0 aliphatic carbocycles. The lowest BCUT2D eigenvalue weighted by molar-refractivity contribution is 0.0594. The monoisotopic (exact) mass is 516 g/mol. The van der Waals surface area contributed by atoms with Gasteiger partial charge in [-0.3, -0.25) is 0 Å². The van der Waals surface area contributed by atoms with Crippen molar-refractivity contribution in [2.75, 3.05) is 36.1 Å². The molecule has 0 amide bonds. The lowest BCUT2D eigenvalue weighted by Crippen LogP contribution is -2.50. The van der Waals surface area contributed by atoms with Crippen molar-refractivity contribution in [2.24, 2.45) is 0 Å². The fourth-order valence-corrected chi connectivity index (χ4v) is 4.93. The third-order valence-corrected chi connectivity index (χ3v) is 6.98. The quantitative estimate of drug-likeness (QED) is 0.358. The number of para-hydroxylation sites is 1. The zero-order valence-electron chi connectivity index (χ0n) is 20.0. The van der Waals surface area contributed by atoms with E-state index in [1.165, 1.54) is 0 Å². The molecule has 0 aromatic heterocycles. The number of likely N-dealkylation sites (tertiary alicyclic amines) is 1. The normalized spacial score (nSPS) is 15.4. The van der Waals surface area contributed by atoms with Gasteiger partial charge in [0.25, 0.3) is 0 Å². The molecular weight excluding hydrogens is 488 g/mol. The highest BCUT2D eigenvalue weighted by Crippen LogP contribution is 2.38. The average molecular weight is 517 g/mol. The number of hydrogen-bond donors (Lipinski definition) is 3. The summed E-state index contributed by atoms with van der Waals surface area (Å²) in [5.41, 5.74) is 3.53. The number of hydrogen-bond acceptors (Lipinski definition) is 4. The first-order chi connectivity index (χ1) is 17.5. The van der Waals surface area contributed by atoms with E-state index in [9.17, 15) is 0 Å². The van der Waals surface area contributed by atoms with Crippen LogP contribution >= 0.6 is 24.4 Å². The second-order valence-corrected chi connectivity index (χ2v) is 9.64. The first-order valence-electron chi connectivity index (χ1n) is 11.9. The Bertz CT molecular complexity index is 1270. The van der Waals surface area contributed by atoms with E-state index in [-0.39, 0.29) is 5.60 Å². The predicted octanol–water partition coefficient (Wildman–Crippen LogP) is 6.14. The summed E-state index contributed by atoms with van der Waals surface area (Å²) in [7, 11) is 1.65. The van der Waals surface area contributed by atoms with Crippen LogP contribution < -0.4 is 25.4 Å². The van der Waals surface area contributed by atoms with Gasteiger partial charge in [0.1, 0.15) is 17.1 Å². The molecule has 5 rings (SSSR count). The molecule has 6 nitrogen and oxygen atoms in total. The summed E-state index contributed by atoms with van der Waals surface area (Å²) in [6, 6.07) is 23.7. The Morgan fingerprint density at radius 2 is 1.53 bits per heavy atom. The molecule has 3 N–H and O–H groups in total. The van der Waals surface area contributed by atoms with Crippen molar-refractivity contribution in [1.82, 2.24) is 4.90 Å². The van der Waals surface area contributed by atoms with Gasteiger partial charge in [-0.05, 0) is 85.1 Å². The average Bonchev–Trinajstić information content (AvgIpc) is 2.90. The lowest BCUT2D eigenvalue weighted by Gasteiger charge is -2.42. The molecule has 0 unspecified atom stereocenters. The maximum absolute atomic E-state index is 6.52. The van der Waals surface area contributed by atoms with E-state index in [1.807, 2.05) is 66.7 Å². The van der Waals surface area contributed by atoms with E-state index in [0.717, 1.165) is 65.2 Å². The molecule has 2 aliphatic heterocycles. The molecule has 0 atom stereocenters. The Balaban J connectivity index is 1.16. The summed E-state index contributed by atoms with van der Waals surface area (Å²) in [4.78, 5) is 2.21. The Hall–Kier alpha value is -3.62. The van der Waals surface area contributed by atoms with Gasteiger partial charge in [-0.25, -0.2) is 0 Å². The fourth-order valence-electron chi connectivity index (χ4n) is 4.39. The van der Waals surface area contributed by atoms with Crippen LogP contribution in [0.2, 0.25) is 0 Å². The highest BCUT2D eigenvalue weighted by atomic mass is 32.1. The number of thiocarbonyl (C=S) groups is 2. The molecule has 184 valence electrons. The Morgan fingerprint density at radius 3 is 2.25 bits per heavy atom. The van der Waals surface area contributed by atoms with Crippen LogP contribution in [0.1, 0.15) is 18.4 Å². The van der Waals surface area contributed by atoms with Crippen LogP contribution in [-0.2, 0) is 0 Å². The fraction of sp³-hybridized carbons (Fsp3) is 0.214. The van der Waals surface area contributed by atoms with Crippen LogP contribution in [0.4, 0.5) is 17.1 Å². The molecule has 8 heteroatoms. The van der Waals surface area contributed by atoms with E-state index in [4.69, 9.17) is 33.9 Å². The highest BCUT2D eigenvalue weighted by molar-refractivity contribution is 7.80. The summed E-state index contributed by atoms with van der Waals surface area (Å²) in [5.74, 6) is 1.69. The second kappa shape index (κ2) is 10.6. The number of methoxy groups -OCH3 is 1. The number of rotatable bonds is 4. The van der Waals surface area contributed by atoms with Crippen molar-refractivity contribution in [3.63, 3.8) is 0 Å². The van der Waals surface area contributed by atoms with Crippen LogP contribution in [0, 0.1) is 0 Å². The van der Waals surface area contributed by atoms with Gasteiger partial charge >= 0.3 is 0 Å². The summed E-state index contributed by atoms with van der Waals surface area (Å²) in [6.45, 7) is 1.67. The van der Waals surface area contributed by atoms with Crippen LogP contribution in [0.15, 0.2) is 78.9 Å². The number of nitrogens with one attached hydrogen (secondary N) is 3. The first-order valence-corrected chi connectivity index (χ1v) is 12.7. The van der Waals surface area contributed by atoms with Crippen LogP contribution in [-0.4, -0.2) is 40.9 Å². The molecule has 0 radical (unpaired) electrons. The lowest BCUT2D eigenvalue weighted by atomic mass is 9.88. The van der Waals surface area contributed by atoms with E-state index in [2.05, 4.69) is 39.1 Å². The minimum absolute atomic E-state index is 0.300. The van der Waals surface area contributed by atoms with Crippen LogP contribution in [0.5, 0.6) is 11.5 Å². The van der Waals surface area contributed by atoms with Gasteiger partial charge in [0.05, 0.1) is 7.11 Å². The Labute approximate surface area is 222 Å². The highest BCUT2D eigenvalue weighted by Gasteiger charge is 2.37. The van der Waals surface area contributed by atoms with E-state index in [1.54, 1.807) is 7.11 Å². The number of piperidine rings is 1. The largest absolute Gasteiger partial charge is 0.497 e. The Kier molecular flexibility index (Phi) is 7.06. The molecule has 1 saturated heterocycles. The second-order valence-electron chi connectivity index (χ2n) is 8.84. The zero-order valence-corrected chi connectivity index (χ0v) is 21.6. The van der Waals surface area contributed by atoms with Crippen molar-refractivity contribution in [1.29, 1.82) is 0 Å². The van der Waals surface area contributed by atoms with Crippen LogP contribution in [0.25, 0.3) is 6.08 Å². The van der Waals surface area contributed by atoms with Gasteiger partial charge in [0.2, 0.25) is 0 Å². The molecular formula is C28H28N4O2S2. The number of nitrogens with zero attached hydrogens (tertiary/aromatic N) is 1. The van der Waals surface area contributed by atoms with Gasteiger partial charge in [-0.15, -0.1) is 0 Å². The van der Waals surface area contributed by atoms with Crippen molar-refractivity contribution in [3.05, 3.63) is 84.4 Å². The van der Waals surface area contributed by atoms with Crippen LogP contribution in [0.3, 0.4) is 0 Å². The molecule has 0 saturated carbocycles. The minimum atomic E-state index is -0.300. The summed E-state index contributed by atoms with van der Waals surface area (Å²) in [6.07, 6.45) is 6.09. The maximum Gasteiger partial charge on any atom is 0.175 e. The van der Waals surface area contributed by atoms with Gasteiger partial charge in [-0.1, -0.05) is 24.3 Å². The number of anilines is 3. The van der Waals surface area contributed by atoms with Gasteiger partial charge < -0.3 is 30.3 Å². The smallest absolute Gasteiger partial charge is 0.175 e. The SMILES string of the molecule is COc1ccc(NC(=S)Nc2ccc3c(c2)C=CC2(CCN(C(=S)Nc4ccccc4)CC2)O3)cc1.